The molecule has 2 rings (SSSR count). The van der Waals surface area contributed by atoms with E-state index in [9.17, 15) is 13.2 Å². The van der Waals surface area contributed by atoms with Gasteiger partial charge in [0.15, 0.2) is 0 Å². The lowest BCUT2D eigenvalue weighted by atomic mass is 9.96. The molecule has 0 saturated carbocycles. The SMILES string of the molecule is CC(CN)c1cccc(-c2cncc(C(F)(F)F)c2)c1. The van der Waals surface area contributed by atoms with Gasteiger partial charge in [0.1, 0.15) is 0 Å². The van der Waals surface area contributed by atoms with Crippen molar-refractivity contribution in [2.24, 2.45) is 5.73 Å². The van der Waals surface area contributed by atoms with Crippen molar-refractivity contribution in [1.82, 2.24) is 4.98 Å². The van der Waals surface area contributed by atoms with E-state index in [2.05, 4.69) is 4.98 Å². The first-order valence-corrected chi connectivity index (χ1v) is 6.24. The van der Waals surface area contributed by atoms with E-state index in [0.29, 0.717) is 17.7 Å². The summed E-state index contributed by atoms with van der Waals surface area (Å²) in [5.41, 5.74) is 7.03. The molecular weight excluding hydrogens is 265 g/mol. The fourth-order valence-corrected chi connectivity index (χ4v) is 1.91. The topological polar surface area (TPSA) is 38.9 Å². The summed E-state index contributed by atoms with van der Waals surface area (Å²) in [4.78, 5) is 3.68. The van der Waals surface area contributed by atoms with E-state index >= 15 is 0 Å². The summed E-state index contributed by atoms with van der Waals surface area (Å²) in [6, 6.07) is 8.47. The number of hydrogen-bond acceptors (Lipinski definition) is 2. The Morgan fingerprint density at radius 3 is 2.55 bits per heavy atom. The second kappa shape index (κ2) is 5.63. The monoisotopic (exact) mass is 280 g/mol. The van der Waals surface area contributed by atoms with Crippen molar-refractivity contribution in [1.29, 1.82) is 0 Å². The van der Waals surface area contributed by atoms with Crippen molar-refractivity contribution in [2.45, 2.75) is 19.0 Å². The number of rotatable bonds is 3. The van der Waals surface area contributed by atoms with Gasteiger partial charge >= 0.3 is 6.18 Å². The summed E-state index contributed by atoms with van der Waals surface area (Å²) in [6.45, 7) is 2.47. The Morgan fingerprint density at radius 2 is 1.90 bits per heavy atom. The van der Waals surface area contributed by atoms with Crippen molar-refractivity contribution < 1.29 is 13.2 Å². The third-order valence-electron chi connectivity index (χ3n) is 3.21. The molecule has 1 aromatic heterocycles. The molecule has 0 amide bonds. The molecule has 0 aliphatic rings. The van der Waals surface area contributed by atoms with Gasteiger partial charge in [-0.15, -0.1) is 0 Å². The molecule has 1 unspecified atom stereocenters. The van der Waals surface area contributed by atoms with Crippen LogP contribution < -0.4 is 5.73 Å². The first-order valence-electron chi connectivity index (χ1n) is 6.24. The summed E-state index contributed by atoms with van der Waals surface area (Å²) in [5, 5.41) is 0. The number of hydrogen-bond donors (Lipinski definition) is 1. The standard InChI is InChI=1S/C15H15F3N2/c1-10(7-19)11-3-2-4-12(5-11)13-6-14(9-20-8-13)15(16,17)18/h2-6,8-10H,7,19H2,1H3. The van der Waals surface area contributed by atoms with Crippen LogP contribution >= 0.6 is 0 Å². The van der Waals surface area contributed by atoms with Crippen molar-refractivity contribution in [2.75, 3.05) is 6.54 Å². The van der Waals surface area contributed by atoms with E-state index in [1.165, 1.54) is 6.20 Å². The van der Waals surface area contributed by atoms with Gasteiger partial charge in [-0.25, -0.2) is 0 Å². The van der Waals surface area contributed by atoms with Gasteiger partial charge in [-0.2, -0.15) is 13.2 Å². The van der Waals surface area contributed by atoms with E-state index in [1.54, 1.807) is 6.07 Å². The van der Waals surface area contributed by atoms with Gasteiger partial charge in [-0.1, -0.05) is 31.2 Å². The van der Waals surface area contributed by atoms with Crippen LogP contribution in [0.15, 0.2) is 42.7 Å². The van der Waals surface area contributed by atoms with Crippen LogP contribution in [-0.2, 0) is 6.18 Å². The van der Waals surface area contributed by atoms with Crippen molar-refractivity contribution >= 4 is 0 Å². The molecule has 2 N–H and O–H groups in total. The van der Waals surface area contributed by atoms with Crippen LogP contribution in [0.3, 0.4) is 0 Å². The Bertz CT molecular complexity index is 594. The summed E-state index contributed by atoms with van der Waals surface area (Å²) in [6.07, 6.45) is -2.12. The quantitative estimate of drug-likeness (QED) is 0.928. The molecule has 0 aliphatic heterocycles. The molecule has 20 heavy (non-hydrogen) atoms. The predicted molar refractivity (Wildman–Crippen MR) is 72.1 cm³/mol. The molecule has 0 aliphatic carbocycles. The Balaban J connectivity index is 2.42. The zero-order valence-corrected chi connectivity index (χ0v) is 11.0. The van der Waals surface area contributed by atoms with Crippen LogP contribution in [-0.4, -0.2) is 11.5 Å². The van der Waals surface area contributed by atoms with Crippen LogP contribution in [0, 0.1) is 0 Å². The molecule has 0 radical (unpaired) electrons. The summed E-state index contributed by atoms with van der Waals surface area (Å²) < 4.78 is 38.1. The molecule has 0 fully saturated rings. The molecule has 0 bridgehead atoms. The Hall–Kier alpha value is -1.88. The molecule has 1 heterocycles. The van der Waals surface area contributed by atoms with E-state index < -0.39 is 11.7 Å². The third kappa shape index (κ3) is 3.17. The van der Waals surface area contributed by atoms with E-state index in [0.717, 1.165) is 17.8 Å². The molecule has 2 nitrogen and oxygen atoms in total. The van der Waals surface area contributed by atoms with Gasteiger partial charge < -0.3 is 5.73 Å². The maximum absolute atomic E-state index is 12.7. The maximum atomic E-state index is 12.7. The molecular formula is C15H15F3N2. The summed E-state index contributed by atoms with van der Waals surface area (Å²) in [5.74, 6) is 0.161. The second-order valence-electron chi connectivity index (χ2n) is 4.72. The zero-order valence-electron chi connectivity index (χ0n) is 11.0. The highest BCUT2D eigenvalue weighted by Gasteiger charge is 2.31. The van der Waals surface area contributed by atoms with Gasteiger partial charge in [0, 0.05) is 18.0 Å². The summed E-state index contributed by atoms with van der Waals surface area (Å²) >= 11 is 0. The van der Waals surface area contributed by atoms with Gasteiger partial charge in [0.05, 0.1) is 5.56 Å². The first-order chi connectivity index (χ1) is 9.41. The van der Waals surface area contributed by atoms with Crippen LogP contribution in [0.5, 0.6) is 0 Å². The zero-order chi connectivity index (χ0) is 14.8. The highest BCUT2D eigenvalue weighted by atomic mass is 19.4. The Labute approximate surface area is 115 Å². The average Bonchev–Trinajstić information content (AvgIpc) is 2.46. The average molecular weight is 280 g/mol. The number of alkyl halides is 3. The first kappa shape index (κ1) is 14.5. The molecule has 106 valence electrons. The van der Waals surface area contributed by atoms with Gasteiger partial charge in [-0.05, 0) is 29.7 Å². The molecule has 0 spiro atoms. The summed E-state index contributed by atoms with van der Waals surface area (Å²) in [7, 11) is 0. The lowest BCUT2D eigenvalue weighted by Gasteiger charge is -2.12. The largest absolute Gasteiger partial charge is 0.417 e. The minimum atomic E-state index is -4.38. The molecule has 1 aromatic carbocycles. The number of aromatic nitrogens is 1. The van der Waals surface area contributed by atoms with Crippen LogP contribution in [0.25, 0.3) is 11.1 Å². The smallest absolute Gasteiger partial charge is 0.330 e. The van der Waals surface area contributed by atoms with E-state index in [4.69, 9.17) is 5.73 Å². The minimum Gasteiger partial charge on any atom is -0.330 e. The number of halogens is 3. The van der Waals surface area contributed by atoms with Crippen LogP contribution in [0.1, 0.15) is 24.0 Å². The van der Waals surface area contributed by atoms with Crippen LogP contribution in [0.4, 0.5) is 13.2 Å². The minimum absolute atomic E-state index is 0.161. The van der Waals surface area contributed by atoms with Crippen molar-refractivity contribution in [3.05, 3.63) is 53.9 Å². The molecule has 5 heteroatoms. The fourth-order valence-electron chi connectivity index (χ4n) is 1.91. The third-order valence-corrected chi connectivity index (χ3v) is 3.21. The van der Waals surface area contributed by atoms with Crippen molar-refractivity contribution in [3.63, 3.8) is 0 Å². The number of nitrogens with zero attached hydrogens (tertiary/aromatic N) is 1. The number of benzene rings is 1. The van der Waals surface area contributed by atoms with Crippen molar-refractivity contribution in [3.8, 4) is 11.1 Å². The Morgan fingerprint density at radius 1 is 1.15 bits per heavy atom. The number of pyridine rings is 1. The second-order valence-corrected chi connectivity index (χ2v) is 4.72. The normalized spacial score (nSPS) is 13.2. The van der Waals surface area contributed by atoms with Crippen LogP contribution in [0.2, 0.25) is 0 Å². The van der Waals surface area contributed by atoms with Gasteiger partial charge in [0.25, 0.3) is 0 Å². The lowest BCUT2D eigenvalue weighted by Crippen LogP contribution is -2.08. The Kier molecular flexibility index (Phi) is 4.09. The molecule has 2 aromatic rings. The fraction of sp³-hybridized carbons (Fsp3) is 0.267. The predicted octanol–water partition coefficient (Wildman–Crippen LogP) is 3.83. The number of nitrogens with two attached hydrogens (primary N) is 1. The lowest BCUT2D eigenvalue weighted by molar-refractivity contribution is -0.137. The molecule has 1 atom stereocenters. The highest BCUT2D eigenvalue weighted by Crippen LogP contribution is 2.32. The highest BCUT2D eigenvalue weighted by molar-refractivity contribution is 5.64. The van der Waals surface area contributed by atoms with E-state index in [-0.39, 0.29) is 5.92 Å². The van der Waals surface area contributed by atoms with Gasteiger partial charge in [0.2, 0.25) is 0 Å². The molecule has 0 saturated heterocycles. The van der Waals surface area contributed by atoms with E-state index in [1.807, 2.05) is 25.1 Å². The van der Waals surface area contributed by atoms with Gasteiger partial charge in [-0.3, -0.25) is 4.98 Å². The maximum Gasteiger partial charge on any atom is 0.417 e.